The van der Waals surface area contributed by atoms with E-state index in [-0.39, 0.29) is 18.2 Å². The van der Waals surface area contributed by atoms with Gasteiger partial charge in [0, 0.05) is 5.57 Å². The van der Waals surface area contributed by atoms with Gasteiger partial charge >= 0.3 is 5.97 Å². The maximum Gasteiger partial charge on any atom is 0.333 e. The highest BCUT2D eigenvalue weighted by molar-refractivity contribution is 5.87. The Balaban J connectivity index is 4.40. The van der Waals surface area contributed by atoms with Crippen LogP contribution in [0.15, 0.2) is 12.2 Å². The molecular weight excluding hydrogens is 192 g/mol. The summed E-state index contributed by atoms with van der Waals surface area (Å²) in [6.07, 6.45) is -0.0383. The number of carbonyl (C=O) groups is 1. The molecule has 0 radical (unpaired) electrons. The molecule has 0 aromatic rings. The van der Waals surface area contributed by atoms with Crippen molar-refractivity contribution in [2.45, 2.75) is 59.4 Å². The minimum atomic E-state index is -0.639. The molecule has 0 aromatic carbocycles. The molecule has 3 heteroatoms. The van der Waals surface area contributed by atoms with Crippen LogP contribution in [0.5, 0.6) is 0 Å². The Morgan fingerprint density at radius 1 is 1.27 bits per heavy atom. The van der Waals surface area contributed by atoms with E-state index in [1.165, 1.54) is 0 Å². The van der Waals surface area contributed by atoms with Gasteiger partial charge in [-0.1, -0.05) is 6.58 Å². The average molecular weight is 214 g/mol. The van der Waals surface area contributed by atoms with Crippen LogP contribution in [0.4, 0.5) is 0 Å². The molecule has 0 saturated heterocycles. The quantitative estimate of drug-likeness (QED) is 0.521. The van der Waals surface area contributed by atoms with Crippen molar-refractivity contribution in [3.8, 4) is 0 Å². The topological polar surface area (TPSA) is 35.5 Å². The van der Waals surface area contributed by atoms with Crippen molar-refractivity contribution < 1.29 is 14.3 Å². The van der Waals surface area contributed by atoms with Gasteiger partial charge in [0.15, 0.2) is 0 Å². The van der Waals surface area contributed by atoms with E-state index in [1.54, 1.807) is 6.92 Å². The summed E-state index contributed by atoms with van der Waals surface area (Å²) in [6.45, 7) is 14.6. The lowest BCUT2D eigenvalue weighted by Crippen LogP contribution is -2.42. The monoisotopic (exact) mass is 214 g/mol. The second kappa shape index (κ2) is 5.31. The highest BCUT2D eigenvalue weighted by atomic mass is 16.6. The summed E-state index contributed by atoms with van der Waals surface area (Å²) >= 11 is 0. The fraction of sp³-hybridized carbons (Fsp3) is 0.750. The van der Waals surface area contributed by atoms with Crippen LogP contribution in [0.25, 0.3) is 0 Å². The van der Waals surface area contributed by atoms with Crippen molar-refractivity contribution >= 4 is 5.97 Å². The molecule has 0 amide bonds. The largest absolute Gasteiger partial charge is 0.454 e. The van der Waals surface area contributed by atoms with Crippen molar-refractivity contribution in [3.05, 3.63) is 12.2 Å². The predicted molar refractivity (Wildman–Crippen MR) is 60.7 cm³/mol. The molecule has 0 spiro atoms. The molecule has 0 aliphatic rings. The molecule has 1 atom stereocenters. The summed E-state index contributed by atoms with van der Waals surface area (Å²) in [4.78, 5) is 11.4. The van der Waals surface area contributed by atoms with Crippen LogP contribution in [0.1, 0.15) is 41.5 Å². The van der Waals surface area contributed by atoms with Crippen LogP contribution < -0.4 is 0 Å². The molecule has 3 nitrogen and oxygen atoms in total. The first-order valence-corrected chi connectivity index (χ1v) is 5.21. The number of hydrogen-bond acceptors (Lipinski definition) is 3. The van der Waals surface area contributed by atoms with Crippen LogP contribution in [0, 0.1) is 0 Å². The van der Waals surface area contributed by atoms with Gasteiger partial charge in [-0.05, 0) is 41.5 Å². The third-order valence-corrected chi connectivity index (χ3v) is 2.16. The lowest BCUT2D eigenvalue weighted by molar-refractivity contribution is -0.169. The average Bonchev–Trinajstić information content (AvgIpc) is 2.01. The summed E-state index contributed by atoms with van der Waals surface area (Å²) in [6, 6.07) is 0. The van der Waals surface area contributed by atoms with Crippen molar-refractivity contribution in [3.63, 3.8) is 0 Å². The zero-order chi connectivity index (χ0) is 12.2. The Morgan fingerprint density at radius 3 is 2.07 bits per heavy atom. The van der Waals surface area contributed by atoms with Crippen LogP contribution in [-0.2, 0) is 14.3 Å². The molecule has 15 heavy (non-hydrogen) atoms. The van der Waals surface area contributed by atoms with E-state index in [0.717, 1.165) is 0 Å². The van der Waals surface area contributed by atoms with Crippen LogP contribution in [0.2, 0.25) is 0 Å². The number of hydrogen-bond donors (Lipinski definition) is 0. The van der Waals surface area contributed by atoms with Gasteiger partial charge in [-0.2, -0.15) is 0 Å². The molecule has 0 fully saturated rings. The van der Waals surface area contributed by atoms with E-state index in [1.807, 2.05) is 34.6 Å². The molecule has 0 rings (SSSR count). The highest BCUT2D eigenvalue weighted by Gasteiger charge is 2.31. The molecule has 0 N–H and O–H groups in total. The van der Waals surface area contributed by atoms with E-state index in [4.69, 9.17) is 9.47 Å². The molecule has 0 aromatic heterocycles. The molecule has 0 bridgehead atoms. The van der Waals surface area contributed by atoms with Gasteiger partial charge in [0.05, 0.1) is 12.2 Å². The Bertz CT molecular complexity index is 241. The third kappa shape index (κ3) is 4.98. The Morgan fingerprint density at radius 2 is 1.73 bits per heavy atom. The Hall–Kier alpha value is -0.830. The van der Waals surface area contributed by atoms with Gasteiger partial charge in [0.1, 0.15) is 5.60 Å². The van der Waals surface area contributed by atoms with Gasteiger partial charge in [0.2, 0.25) is 0 Å². The fourth-order valence-electron chi connectivity index (χ4n) is 0.981. The van der Waals surface area contributed by atoms with E-state index < -0.39 is 5.60 Å². The van der Waals surface area contributed by atoms with Crippen molar-refractivity contribution in [1.82, 2.24) is 0 Å². The molecular formula is C12H22O3. The van der Waals surface area contributed by atoms with Gasteiger partial charge in [-0.25, -0.2) is 4.79 Å². The van der Waals surface area contributed by atoms with Crippen LogP contribution in [0.3, 0.4) is 0 Å². The van der Waals surface area contributed by atoms with E-state index in [0.29, 0.717) is 5.57 Å². The number of esters is 1. The summed E-state index contributed by atoms with van der Waals surface area (Å²) < 4.78 is 10.9. The van der Waals surface area contributed by atoms with Gasteiger partial charge < -0.3 is 9.47 Å². The smallest absolute Gasteiger partial charge is 0.333 e. The standard InChI is InChI=1S/C12H22O3/c1-8(2)11(13)15-12(6,7)10(5)14-9(3)4/h9-10H,1H2,2-7H3. The third-order valence-electron chi connectivity index (χ3n) is 2.16. The first-order chi connectivity index (χ1) is 6.66. The van der Waals surface area contributed by atoms with Gasteiger partial charge in [-0.3, -0.25) is 0 Å². The van der Waals surface area contributed by atoms with Crippen LogP contribution in [-0.4, -0.2) is 23.8 Å². The minimum Gasteiger partial charge on any atom is -0.454 e. The zero-order valence-corrected chi connectivity index (χ0v) is 10.6. The maximum atomic E-state index is 11.4. The number of carbonyl (C=O) groups excluding carboxylic acids is 1. The lowest BCUT2D eigenvalue weighted by Gasteiger charge is -2.32. The molecule has 1 unspecified atom stereocenters. The fourth-order valence-corrected chi connectivity index (χ4v) is 0.981. The van der Waals surface area contributed by atoms with Gasteiger partial charge in [-0.15, -0.1) is 0 Å². The Labute approximate surface area is 92.5 Å². The SMILES string of the molecule is C=C(C)C(=O)OC(C)(C)C(C)OC(C)C. The molecule has 0 saturated carbocycles. The summed E-state index contributed by atoms with van der Waals surface area (Å²) in [7, 11) is 0. The number of rotatable bonds is 5. The van der Waals surface area contributed by atoms with E-state index in [2.05, 4.69) is 6.58 Å². The first-order valence-electron chi connectivity index (χ1n) is 5.21. The normalized spacial score (nSPS) is 13.8. The lowest BCUT2D eigenvalue weighted by atomic mass is 10.0. The molecule has 88 valence electrons. The molecule has 0 aliphatic carbocycles. The minimum absolute atomic E-state index is 0.114. The van der Waals surface area contributed by atoms with E-state index >= 15 is 0 Å². The molecule has 0 heterocycles. The Kier molecular flexibility index (Phi) is 5.01. The van der Waals surface area contributed by atoms with Gasteiger partial charge in [0.25, 0.3) is 0 Å². The predicted octanol–water partition coefficient (Wildman–Crippen LogP) is 2.70. The maximum absolute atomic E-state index is 11.4. The van der Waals surface area contributed by atoms with Crippen molar-refractivity contribution in [2.24, 2.45) is 0 Å². The second-order valence-electron chi connectivity index (χ2n) is 4.60. The van der Waals surface area contributed by atoms with E-state index in [9.17, 15) is 4.79 Å². The summed E-state index contributed by atoms with van der Waals surface area (Å²) in [5, 5.41) is 0. The zero-order valence-electron chi connectivity index (χ0n) is 10.6. The summed E-state index contributed by atoms with van der Waals surface area (Å²) in [5.41, 5.74) is -0.236. The first kappa shape index (κ1) is 14.2. The highest BCUT2D eigenvalue weighted by Crippen LogP contribution is 2.20. The summed E-state index contributed by atoms with van der Waals surface area (Å²) in [5.74, 6) is -0.376. The molecule has 0 aliphatic heterocycles. The van der Waals surface area contributed by atoms with Crippen molar-refractivity contribution in [2.75, 3.05) is 0 Å². The van der Waals surface area contributed by atoms with Crippen LogP contribution >= 0.6 is 0 Å². The second-order valence-corrected chi connectivity index (χ2v) is 4.60. The van der Waals surface area contributed by atoms with Crippen molar-refractivity contribution in [1.29, 1.82) is 0 Å². The number of ether oxygens (including phenoxy) is 2.